The van der Waals surface area contributed by atoms with Gasteiger partial charge in [-0.15, -0.1) is 0 Å². The van der Waals surface area contributed by atoms with E-state index in [0.29, 0.717) is 74.8 Å². The Labute approximate surface area is 558 Å². The van der Waals surface area contributed by atoms with Crippen LogP contribution in [0.4, 0.5) is 29.0 Å². The fourth-order valence-corrected chi connectivity index (χ4v) is 11.6. The van der Waals surface area contributed by atoms with Gasteiger partial charge in [0.25, 0.3) is 11.8 Å². The lowest BCUT2D eigenvalue weighted by Crippen LogP contribution is -2.35. The van der Waals surface area contributed by atoms with Crippen molar-refractivity contribution in [2.75, 3.05) is 62.5 Å². The fourth-order valence-electron chi connectivity index (χ4n) is 11.6. The Morgan fingerprint density at radius 3 is 1.02 bits per heavy atom. The number of aliphatic hydroxyl groups excluding tert-OH is 10. The summed E-state index contributed by atoms with van der Waals surface area (Å²) in [4.78, 5) is 56.3. The number of aliphatic hydroxyl groups is 10. The normalized spacial score (nSPS) is 33.9. The number of nitrogens with zero attached hydrogens (tertiary/aromatic N) is 13. The van der Waals surface area contributed by atoms with E-state index < -0.39 is 135 Å². The summed E-state index contributed by atoms with van der Waals surface area (Å²) in [5.74, 6) is 2.29. The molecule has 0 saturated carbocycles. The number of amides is 2. The highest BCUT2D eigenvalue weighted by Crippen LogP contribution is 2.39. The van der Waals surface area contributed by atoms with Crippen molar-refractivity contribution in [3.63, 3.8) is 0 Å². The molecule has 6 aromatic rings. The molecule has 9 aliphatic rings. The maximum atomic E-state index is 11.7. The molecule has 99 heavy (non-hydrogen) atoms. The third-order valence-corrected chi connectivity index (χ3v) is 16.5. The van der Waals surface area contributed by atoms with E-state index in [0.717, 1.165) is 0 Å². The molecule has 9 aliphatic heterocycles. The first kappa shape index (κ1) is 71.3. The number of carbonyl (C=O) groups excluding carboxylic acids is 2. The highest BCUT2D eigenvalue weighted by molar-refractivity contribution is 6.03. The van der Waals surface area contributed by atoms with Crippen LogP contribution in [0.15, 0.2) is 78.7 Å². The summed E-state index contributed by atoms with van der Waals surface area (Å²) in [5, 5.41) is 116. The predicted molar refractivity (Wildman–Crippen MR) is 334 cm³/mol. The number of hydrogen-bond donors (Lipinski definition) is 19. The summed E-state index contributed by atoms with van der Waals surface area (Å²) in [6.07, 6.45) is -12.2. The summed E-state index contributed by atoms with van der Waals surface area (Å²) in [6, 6.07) is 1.64. The van der Waals surface area contributed by atoms with Gasteiger partial charge in [0.05, 0.1) is 37.3 Å². The zero-order valence-electron chi connectivity index (χ0n) is 53.6. The number of rotatable bonds is 10. The number of aliphatic imine (C=N–C) groups is 2. The number of methoxy groups -OCH3 is 5. The number of nitrogens with one attached hydrogen (secondary N) is 6. The van der Waals surface area contributed by atoms with Crippen LogP contribution in [-0.2, 0) is 47.4 Å². The van der Waals surface area contributed by atoms with Gasteiger partial charge >= 0.3 is 0 Å². The van der Waals surface area contributed by atoms with Crippen LogP contribution in [0.1, 0.15) is 77.4 Å². The second kappa shape index (κ2) is 29.1. The molecule has 15 heterocycles. The highest BCUT2D eigenvalue weighted by Gasteiger charge is 2.50. The monoisotopic (exact) mass is 1400 g/mol. The predicted octanol–water partition coefficient (Wildman–Crippen LogP) is -6.13. The molecule has 22 unspecified atom stereocenters. The maximum absolute atomic E-state index is 11.7. The summed E-state index contributed by atoms with van der Waals surface area (Å²) in [6.45, 7) is 10.9. The van der Waals surface area contributed by atoms with Gasteiger partial charge < -0.3 is 148 Å². The highest BCUT2D eigenvalue weighted by atomic mass is 16.7. The van der Waals surface area contributed by atoms with E-state index in [1.54, 1.807) is 21.4 Å². The number of anilines is 5. The Hall–Kier alpha value is -8.98. The third kappa shape index (κ3) is 13.4. The minimum absolute atomic E-state index is 0.156. The molecular formula is C55H76N22O22. The first-order valence-corrected chi connectivity index (χ1v) is 30.0. The van der Waals surface area contributed by atoms with Crippen LogP contribution in [-0.4, -0.2) is 268 Å². The van der Waals surface area contributed by atoms with Crippen molar-refractivity contribution in [1.29, 1.82) is 0 Å². The van der Waals surface area contributed by atoms with Gasteiger partial charge in [-0.05, 0) is 19.9 Å². The number of nitrogen functional groups attached to an aromatic ring is 1. The third-order valence-electron chi connectivity index (χ3n) is 16.5. The van der Waals surface area contributed by atoms with Gasteiger partial charge in [-0.2, -0.15) is 0 Å². The van der Waals surface area contributed by atoms with Gasteiger partial charge in [0.2, 0.25) is 0 Å². The molecule has 15 rings (SSSR count). The Balaban J connectivity index is 0.000000125. The van der Waals surface area contributed by atoms with Gasteiger partial charge in [-0.3, -0.25) is 32.4 Å². The standard InChI is InChI=1S/2C11H17N5O4.2C11H14N4O5.C11H14N4O4/c2*1-4-14-8(12)5-9(15-4)16(3-13-5)10-6(17)7(18)11(19-2)20-10;2*1-4-13-8-5(9(18)14-4)12-3-15(8)10-6(16)7(17)11(19-2)20-10;1-18-11-8(17)7(16)10(19-11)15-4-14-6-5(12)2-3-13-9(6)15/h2*3-4,6-7,10-11,15,17-18H,1-2H3,(H2,12,14);2*3,6-7,10-11,13,16-17H,1H2,2H3,(H,14,18);2-4,7-8,10-11,16-17H,1H3,(H2,12,13). The lowest BCUT2D eigenvalue weighted by Gasteiger charge is -2.23. The average Bonchev–Trinajstić information content (AvgIpc) is 1.65. The van der Waals surface area contributed by atoms with E-state index in [-0.39, 0.29) is 23.7 Å². The molecule has 22 N–H and O–H groups in total. The first-order valence-electron chi connectivity index (χ1n) is 30.0. The number of carbonyl (C=O) groups is 2. The van der Waals surface area contributed by atoms with E-state index in [2.05, 4.69) is 84.9 Å². The van der Waals surface area contributed by atoms with Crippen LogP contribution in [0.5, 0.6) is 0 Å². The van der Waals surface area contributed by atoms with Crippen molar-refractivity contribution in [2.24, 2.45) is 21.5 Å². The molecule has 22 atom stereocenters. The first-order chi connectivity index (χ1) is 47.2. The number of ether oxygens (including phenoxy) is 10. The van der Waals surface area contributed by atoms with Crippen molar-refractivity contribution in [3.8, 4) is 0 Å². The summed E-state index contributed by atoms with van der Waals surface area (Å²) < 4.78 is 59.6. The summed E-state index contributed by atoms with van der Waals surface area (Å²) in [5.41, 5.74) is 20.2. The molecule has 44 heteroatoms. The molecule has 0 aliphatic carbocycles. The molecule has 0 bridgehead atoms. The second-order valence-corrected chi connectivity index (χ2v) is 23.0. The number of amidine groups is 2. The topological polar surface area (TPSA) is 606 Å². The minimum atomic E-state index is -1.21. The minimum Gasteiger partial charge on any atom is -0.397 e. The van der Waals surface area contributed by atoms with Crippen LogP contribution in [0.25, 0.3) is 11.2 Å². The van der Waals surface area contributed by atoms with Crippen LogP contribution >= 0.6 is 0 Å². The quantitative estimate of drug-likeness (QED) is 0.0607. The smallest absolute Gasteiger partial charge is 0.279 e. The second-order valence-electron chi connectivity index (χ2n) is 23.0. The van der Waals surface area contributed by atoms with E-state index in [1.807, 2.05) is 13.8 Å². The lowest BCUT2D eigenvalue weighted by molar-refractivity contribution is -0.160. The zero-order chi connectivity index (χ0) is 71.3. The van der Waals surface area contributed by atoms with E-state index in [4.69, 9.17) is 64.6 Å². The SMILES string of the molecule is C=C1NC(=O)c2ncn(C3OC(OC)C(O)C3O)c2N1.C=C1NC(=O)c2ncn(C3OC(OC)C(O)C3O)c2N1.COC1OC(n2cnc3c(N)ccnc32)C(O)C1O.COC1OC(n2cnc3c2NC(C)N=C3N)C(O)C1O.COC1OC(n2cnc3c2NC(C)N=C3N)C(O)C1O. The van der Waals surface area contributed by atoms with Crippen molar-refractivity contribution in [1.82, 2.24) is 63.4 Å². The van der Waals surface area contributed by atoms with Gasteiger partial charge in [-0.25, -0.2) is 39.9 Å². The molecule has 0 spiro atoms. The van der Waals surface area contributed by atoms with Crippen molar-refractivity contribution >= 4 is 63.6 Å². The maximum Gasteiger partial charge on any atom is 0.279 e. The molecule has 44 nitrogen and oxygen atoms in total. The number of fused-ring (bicyclic) bond motifs is 5. The summed E-state index contributed by atoms with van der Waals surface area (Å²) >= 11 is 0. The van der Waals surface area contributed by atoms with Gasteiger partial charge in [0, 0.05) is 41.7 Å². The molecule has 2 amide bonds. The number of nitrogens with two attached hydrogens (primary N) is 3. The zero-order valence-corrected chi connectivity index (χ0v) is 53.6. The van der Waals surface area contributed by atoms with Crippen molar-refractivity contribution in [3.05, 3.63) is 91.5 Å². The van der Waals surface area contributed by atoms with Crippen LogP contribution < -0.4 is 49.1 Å². The van der Waals surface area contributed by atoms with Gasteiger partial charge in [0.15, 0.2) is 91.3 Å². The van der Waals surface area contributed by atoms with Crippen molar-refractivity contribution < 1.29 is 108 Å². The molecule has 0 aromatic carbocycles. The van der Waals surface area contributed by atoms with Crippen LogP contribution in [0.3, 0.4) is 0 Å². The Bertz CT molecular complexity index is 3800. The van der Waals surface area contributed by atoms with Crippen LogP contribution in [0, 0.1) is 0 Å². The van der Waals surface area contributed by atoms with Crippen LogP contribution in [0.2, 0.25) is 0 Å². The van der Waals surface area contributed by atoms with E-state index in [9.17, 15) is 60.7 Å². The number of imidazole rings is 5. The number of pyridine rings is 1. The largest absolute Gasteiger partial charge is 0.397 e. The molecule has 0 radical (unpaired) electrons. The van der Waals surface area contributed by atoms with Crippen molar-refractivity contribution in [2.45, 2.75) is 150 Å². The van der Waals surface area contributed by atoms with Gasteiger partial charge in [-0.1, -0.05) is 13.2 Å². The summed E-state index contributed by atoms with van der Waals surface area (Å²) in [7, 11) is 6.92. The molecule has 6 aromatic heterocycles. The molecule has 538 valence electrons. The average molecular weight is 1400 g/mol. The Morgan fingerprint density at radius 1 is 0.414 bits per heavy atom. The van der Waals surface area contributed by atoms with E-state index in [1.165, 1.54) is 80.9 Å². The molecule has 5 fully saturated rings. The Kier molecular flexibility index (Phi) is 20.9. The van der Waals surface area contributed by atoms with Gasteiger partial charge in [0.1, 0.15) is 125 Å². The van der Waals surface area contributed by atoms with E-state index >= 15 is 0 Å². The lowest BCUT2D eigenvalue weighted by atomic mass is 10.2. The molecule has 5 saturated heterocycles. The number of aromatic nitrogens is 11. The molecular weight excluding hydrogens is 1320 g/mol. The fraction of sp³-hybridized carbons (Fsp3) is 0.527. The Morgan fingerprint density at radius 2 is 0.707 bits per heavy atom. The number of hydrogen-bond acceptors (Lipinski definition) is 37.